The maximum absolute atomic E-state index is 12.9. The van der Waals surface area contributed by atoms with Crippen LogP contribution in [0.1, 0.15) is 18.5 Å². The summed E-state index contributed by atoms with van der Waals surface area (Å²) in [6.45, 7) is 6.98. The van der Waals surface area contributed by atoms with E-state index in [4.69, 9.17) is 0 Å². The molecule has 1 aliphatic heterocycles. The quantitative estimate of drug-likeness (QED) is 0.818. The third kappa shape index (κ3) is 2.87. The molecule has 1 aliphatic rings. The monoisotopic (exact) mass is 247 g/mol. The van der Waals surface area contributed by atoms with E-state index < -0.39 is 0 Å². The summed E-state index contributed by atoms with van der Waals surface area (Å²) in [5, 5.41) is 9.33. The fourth-order valence-electron chi connectivity index (χ4n) is 2.35. The Morgan fingerprint density at radius 2 is 1.83 bits per heavy atom. The van der Waals surface area contributed by atoms with Crippen molar-refractivity contribution >= 4 is 0 Å². The summed E-state index contributed by atoms with van der Waals surface area (Å²) < 4.78 is 12.9. The van der Waals surface area contributed by atoms with Crippen LogP contribution in [0.15, 0.2) is 24.3 Å². The van der Waals surface area contributed by atoms with Crippen LogP contribution < -0.4 is 0 Å². The number of benzene rings is 1. The van der Waals surface area contributed by atoms with E-state index >= 15 is 0 Å². The topological polar surface area (TPSA) is 30.3 Å². The molecule has 0 aliphatic carbocycles. The van der Waals surface area contributed by atoms with Gasteiger partial charge in [0.15, 0.2) is 0 Å². The number of likely N-dealkylation sites (N-methyl/N-ethyl adjacent to an activating group) is 1. The smallest absolute Gasteiger partial charge is 0.123 e. The molecule has 0 bridgehead atoms. The lowest BCUT2D eigenvalue weighted by atomic mass is 10.1. The van der Waals surface area contributed by atoms with Gasteiger partial charge in [-0.25, -0.2) is 4.39 Å². The van der Waals surface area contributed by atoms with E-state index in [-0.39, 0.29) is 11.9 Å². The van der Waals surface area contributed by atoms with Gasteiger partial charge in [-0.1, -0.05) is 19.1 Å². The van der Waals surface area contributed by atoms with E-state index in [0.29, 0.717) is 0 Å². The lowest BCUT2D eigenvalue weighted by molar-refractivity contribution is 0.118. The highest BCUT2D eigenvalue weighted by atomic mass is 19.1. The maximum Gasteiger partial charge on any atom is 0.123 e. The second-order valence-electron chi connectivity index (χ2n) is 4.55. The van der Waals surface area contributed by atoms with Gasteiger partial charge in [-0.3, -0.25) is 4.90 Å². The second kappa shape index (κ2) is 5.94. The molecule has 0 saturated carbocycles. The van der Waals surface area contributed by atoms with Crippen LogP contribution in [-0.2, 0) is 0 Å². The SMILES string of the molecule is CCN1CCN(C(C#N)c2ccc(F)cc2)CC1. The second-order valence-corrected chi connectivity index (χ2v) is 4.55. The van der Waals surface area contributed by atoms with Crippen LogP contribution >= 0.6 is 0 Å². The minimum absolute atomic E-state index is 0.258. The number of nitriles is 1. The van der Waals surface area contributed by atoms with Crippen LogP contribution in [0.25, 0.3) is 0 Å². The molecule has 1 atom stereocenters. The summed E-state index contributed by atoms with van der Waals surface area (Å²) in [7, 11) is 0. The number of hydrogen-bond acceptors (Lipinski definition) is 3. The van der Waals surface area contributed by atoms with Gasteiger partial charge in [-0.05, 0) is 24.2 Å². The molecular formula is C14H18FN3. The Kier molecular flexibility index (Phi) is 4.29. The summed E-state index contributed by atoms with van der Waals surface area (Å²) in [6, 6.07) is 8.31. The summed E-state index contributed by atoms with van der Waals surface area (Å²) >= 11 is 0. The predicted octanol–water partition coefficient (Wildman–Crippen LogP) is 2.03. The first-order valence-corrected chi connectivity index (χ1v) is 6.36. The minimum Gasteiger partial charge on any atom is -0.301 e. The Labute approximate surface area is 107 Å². The van der Waals surface area contributed by atoms with Crippen molar-refractivity contribution in [3.63, 3.8) is 0 Å². The lowest BCUT2D eigenvalue weighted by Gasteiger charge is -2.36. The largest absolute Gasteiger partial charge is 0.301 e. The fraction of sp³-hybridized carbons (Fsp3) is 0.500. The highest BCUT2D eigenvalue weighted by molar-refractivity contribution is 5.24. The average Bonchev–Trinajstić information content (AvgIpc) is 2.42. The molecule has 0 amide bonds. The van der Waals surface area contributed by atoms with E-state index in [2.05, 4.69) is 22.8 Å². The fourth-order valence-corrected chi connectivity index (χ4v) is 2.35. The van der Waals surface area contributed by atoms with Crippen molar-refractivity contribution in [3.8, 4) is 6.07 Å². The third-order valence-corrected chi connectivity index (χ3v) is 3.53. The zero-order valence-corrected chi connectivity index (χ0v) is 10.6. The first-order valence-electron chi connectivity index (χ1n) is 6.36. The van der Waals surface area contributed by atoms with E-state index in [0.717, 1.165) is 38.3 Å². The van der Waals surface area contributed by atoms with Gasteiger partial charge < -0.3 is 4.90 Å². The lowest BCUT2D eigenvalue weighted by Crippen LogP contribution is -2.47. The molecule has 3 nitrogen and oxygen atoms in total. The van der Waals surface area contributed by atoms with Gasteiger partial charge >= 0.3 is 0 Å². The highest BCUT2D eigenvalue weighted by Crippen LogP contribution is 2.21. The van der Waals surface area contributed by atoms with Crippen molar-refractivity contribution in [2.24, 2.45) is 0 Å². The van der Waals surface area contributed by atoms with Crippen molar-refractivity contribution in [2.45, 2.75) is 13.0 Å². The Morgan fingerprint density at radius 3 is 2.33 bits per heavy atom. The third-order valence-electron chi connectivity index (χ3n) is 3.53. The van der Waals surface area contributed by atoms with Crippen molar-refractivity contribution in [1.82, 2.24) is 9.80 Å². The van der Waals surface area contributed by atoms with Crippen LogP contribution in [0.5, 0.6) is 0 Å². The molecule has 0 aromatic heterocycles. The normalized spacial score (nSPS) is 19.4. The molecule has 1 unspecified atom stereocenters. The number of piperazine rings is 1. The Morgan fingerprint density at radius 1 is 1.22 bits per heavy atom. The predicted molar refractivity (Wildman–Crippen MR) is 68.4 cm³/mol. The molecule has 1 saturated heterocycles. The standard InChI is InChI=1S/C14H18FN3/c1-2-17-7-9-18(10-8-17)14(11-16)12-3-5-13(15)6-4-12/h3-6,14H,2,7-10H2,1H3. The molecular weight excluding hydrogens is 229 g/mol. The highest BCUT2D eigenvalue weighted by Gasteiger charge is 2.24. The zero-order chi connectivity index (χ0) is 13.0. The van der Waals surface area contributed by atoms with Crippen molar-refractivity contribution in [2.75, 3.05) is 32.7 Å². The molecule has 0 spiro atoms. The van der Waals surface area contributed by atoms with Crippen molar-refractivity contribution < 1.29 is 4.39 Å². The molecule has 18 heavy (non-hydrogen) atoms. The van der Waals surface area contributed by atoms with Crippen molar-refractivity contribution in [3.05, 3.63) is 35.6 Å². The first kappa shape index (κ1) is 13.0. The number of halogens is 1. The molecule has 1 heterocycles. The van der Waals surface area contributed by atoms with Crippen LogP contribution in [0.4, 0.5) is 4.39 Å². The van der Waals surface area contributed by atoms with Gasteiger partial charge in [0.1, 0.15) is 11.9 Å². The maximum atomic E-state index is 12.9. The number of nitrogens with zero attached hydrogens (tertiary/aromatic N) is 3. The molecule has 0 radical (unpaired) electrons. The van der Waals surface area contributed by atoms with Gasteiger partial charge in [-0.15, -0.1) is 0 Å². The first-order chi connectivity index (χ1) is 8.74. The summed E-state index contributed by atoms with van der Waals surface area (Å²) in [5.74, 6) is -0.258. The number of hydrogen-bond donors (Lipinski definition) is 0. The molecule has 1 aromatic rings. The Bertz CT molecular complexity index is 416. The van der Waals surface area contributed by atoms with E-state index in [1.807, 2.05) is 0 Å². The van der Waals surface area contributed by atoms with E-state index in [1.54, 1.807) is 12.1 Å². The van der Waals surface area contributed by atoms with E-state index in [1.165, 1.54) is 12.1 Å². The Balaban J connectivity index is 2.06. The molecule has 2 rings (SSSR count). The number of rotatable bonds is 3. The molecule has 1 fully saturated rings. The van der Waals surface area contributed by atoms with Crippen LogP contribution in [0.3, 0.4) is 0 Å². The van der Waals surface area contributed by atoms with Gasteiger partial charge in [0.05, 0.1) is 6.07 Å². The molecule has 4 heteroatoms. The van der Waals surface area contributed by atoms with E-state index in [9.17, 15) is 9.65 Å². The summed E-state index contributed by atoms with van der Waals surface area (Å²) in [6.07, 6.45) is 0. The van der Waals surface area contributed by atoms with Gasteiger partial charge in [0.2, 0.25) is 0 Å². The zero-order valence-electron chi connectivity index (χ0n) is 10.6. The van der Waals surface area contributed by atoms with Crippen LogP contribution in [0, 0.1) is 17.1 Å². The summed E-state index contributed by atoms with van der Waals surface area (Å²) in [5.41, 5.74) is 0.879. The van der Waals surface area contributed by atoms with Gasteiger partial charge in [-0.2, -0.15) is 5.26 Å². The average molecular weight is 247 g/mol. The molecule has 1 aromatic carbocycles. The van der Waals surface area contributed by atoms with Gasteiger partial charge in [0.25, 0.3) is 0 Å². The summed E-state index contributed by atoms with van der Waals surface area (Å²) in [4.78, 5) is 4.54. The van der Waals surface area contributed by atoms with Crippen LogP contribution in [0.2, 0.25) is 0 Å². The van der Waals surface area contributed by atoms with Gasteiger partial charge in [0, 0.05) is 26.2 Å². The minimum atomic E-state index is -0.260. The molecule has 96 valence electrons. The molecule has 0 N–H and O–H groups in total. The van der Waals surface area contributed by atoms with Crippen LogP contribution in [-0.4, -0.2) is 42.5 Å². The van der Waals surface area contributed by atoms with Crippen molar-refractivity contribution in [1.29, 1.82) is 5.26 Å². The Hall–Kier alpha value is -1.44.